The molecule has 1 fully saturated rings. The second-order valence-electron chi connectivity index (χ2n) is 7.58. The van der Waals surface area contributed by atoms with Crippen LogP contribution in [0.25, 0.3) is 0 Å². The molecule has 2 unspecified atom stereocenters. The summed E-state index contributed by atoms with van der Waals surface area (Å²) in [5, 5.41) is 7.00. The molecule has 0 bridgehead atoms. The van der Waals surface area contributed by atoms with Crippen LogP contribution in [0.4, 0.5) is 5.69 Å². The van der Waals surface area contributed by atoms with Crippen molar-refractivity contribution in [2.75, 3.05) is 11.9 Å². The topological polar surface area (TPSA) is 70.4 Å². The Balaban J connectivity index is 1.52. The van der Waals surface area contributed by atoms with E-state index in [1.165, 1.54) is 0 Å². The molecule has 0 aliphatic carbocycles. The third-order valence-electron chi connectivity index (χ3n) is 5.50. The van der Waals surface area contributed by atoms with Crippen molar-refractivity contribution < 1.29 is 9.21 Å². The molecule has 0 spiro atoms. The van der Waals surface area contributed by atoms with Crippen molar-refractivity contribution in [1.29, 1.82) is 0 Å². The minimum absolute atomic E-state index is 0.0423. The second kappa shape index (κ2) is 9.31. The number of amides is 1. The van der Waals surface area contributed by atoms with Gasteiger partial charge in [0, 0.05) is 24.8 Å². The fourth-order valence-electron chi connectivity index (χ4n) is 3.95. The maximum Gasteiger partial charge on any atom is 0.226 e. The van der Waals surface area contributed by atoms with E-state index in [0.29, 0.717) is 18.1 Å². The molecular weight excluding hydrogens is 408 g/mol. The SMILES string of the molecule is CCc1ccccc1NC(=O)CCN1C(=S)NC(c2ccccn2)C1c1ccc(C)o1. The molecule has 6 nitrogen and oxygen atoms in total. The van der Waals surface area contributed by atoms with Crippen molar-refractivity contribution in [3.8, 4) is 0 Å². The van der Waals surface area contributed by atoms with Gasteiger partial charge < -0.3 is 20.0 Å². The first kappa shape index (κ1) is 21.1. The fraction of sp³-hybridized carbons (Fsp3) is 0.292. The molecule has 1 amide bonds. The van der Waals surface area contributed by atoms with E-state index in [0.717, 1.165) is 34.9 Å². The number of pyridine rings is 1. The molecule has 7 heteroatoms. The summed E-state index contributed by atoms with van der Waals surface area (Å²) in [5.41, 5.74) is 2.86. The quantitative estimate of drug-likeness (QED) is 0.532. The van der Waals surface area contributed by atoms with E-state index in [-0.39, 0.29) is 18.0 Å². The largest absolute Gasteiger partial charge is 0.464 e. The summed E-state index contributed by atoms with van der Waals surface area (Å²) >= 11 is 5.64. The van der Waals surface area contributed by atoms with Crippen molar-refractivity contribution >= 4 is 28.9 Å². The number of hydrogen-bond donors (Lipinski definition) is 2. The standard InChI is InChI=1S/C24H26N4O2S/c1-3-17-8-4-5-9-18(17)26-21(29)13-15-28-23(20-12-11-16(2)30-20)22(27-24(28)31)19-10-6-7-14-25-19/h4-12,14,22-23H,3,13,15H2,1-2H3,(H,26,29)(H,27,31). The number of para-hydroxylation sites is 1. The minimum atomic E-state index is -0.174. The van der Waals surface area contributed by atoms with Gasteiger partial charge in [-0.2, -0.15) is 0 Å². The molecule has 0 saturated carbocycles. The molecule has 2 aromatic heterocycles. The summed E-state index contributed by atoms with van der Waals surface area (Å²) in [6.07, 6.45) is 2.94. The molecule has 4 rings (SSSR count). The summed E-state index contributed by atoms with van der Waals surface area (Å²) in [4.78, 5) is 19.2. The Labute approximate surface area is 187 Å². The van der Waals surface area contributed by atoms with Crippen molar-refractivity contribution in [3.05, 3.63) is 83.6 Å². The monoisotopic (exact) mass is 434 g/mol. The van der Waals surface area contributed by atoms with Crippen LogP contribution in [0.15, 0.2) is 65.2 Å². The number of hydrogen-bond acceptors (Lipinski definition) is 4. The van der Waals surface area contributed by atoms with Crippen LogP contribution in [0.5, 0.6) is 0 Å². The molecule has 2 atom stereocenters. The Morgan fingerprint density at radius 3 is 2.71 bits per heavy atom. The lowest BCUT2D eigenvalue weighted by molar-refractivity contribution is -0.116. The highest BCUT2D eigenvalue weighted by Crippen LogP contribution is 2.39. The number of nitrogens with zero attached hydrogens (tertiary/aromatic N) is 2. The zero-order chi connectivity index (χ0) is 21.8. The van der Waals surface area contributed by atoms with Crippen molar-refractivity contribution in [2.45, 2.75) is 38.8 Å². The van der Waals surface area contributed by atoms with Gasteiger partial charge >= 0.3 is 0 Å². The number of anilines is 1. The maximum atomic E-state index is 12.7. The molecule has 1 aliphatic heterocycles. The van der Waals surface area contributed by atoms with Crippen LogP contribution >= 0.6 is 12.2 Å². The molecule has 1 saturated heterocycles. The van der Waals surface area contributed by atoms with E-state index in [9.17, 15) is 4.79 Å². The van der Waals surface area contributed by atoms with Gasteiger partial charge in [-0.15, -0.1) is 0 Å². The molecule has 2 N–H and O–H groups in total. The zero-order valence-corrected chi connectivity index (χ0v) is 18.5. The smallest absolute Gasteiger partial charge is 0.226 e. The molecule has 0 radical (unpaired) electrons. The summed E-state index contributed by atoms with van der Waals surface area (Å²) in [6, 6.07) is 17.3. The average Bonchev–Trinajstić information content (AvgIpc) is 3.35. The third-order valence-corrected chi connectivity index (χ3v) is 5.85. The van der Waals surface area contributed by atoms with Gasteiger partial charge in [0.1, 0.15) is 17.6 Å². The number of aryl methyl sites for hydroxylation is 2. The van der Waals surface area contributed by atoms with Gasteiger partial charge in [0.05, 0.1) is 11.7 Å². The van der Waals surface area contributed by atoms with Crippen LogP contribution in [-0.4, -0.2) is 27.4 Å². The lowest BCUT2D eigenvalue weighted by atomic mass is 10.0. The Bertz CT molecular complexity index is 1070. The minimum Gasteiger partial charge on any atom is -0.464 e. The van der Waals surface area contributed by atoms with Gasteiger partial charge in [0.15, 0.2) is 5.11 Å². The molecule has 160 valence electrons. The van der Waals surface area contributed by atoms with Gasteiger partial charge in [-0.25, -0.2) is 0 Å². The van der Waals surface area contributed by atoms with Crippen molar-refractivity contribution in [1.82, 2.24) is 15.2 Å². The van der Waals surface area contributed by atoms with Gasteiger partial charge in [0.25, 0.3) is 0 Å². The van der Waals surface area contributed by atoms with Gasteiger partial charge in [-0.3, -0.25) is 9.78 Å². The second-order valence-corrected chi connectivity index (χ2v) is 7.96. The highest BCUT2D eigenvalue weighted by Gasteiger charge is 2.41. The number of carbonyl (C=O) groups excluding carboxylic acids is 1. The molecular formula is C24H26N4O2S. The average molecular weight is 435 g/mol. The van der Waals surface area contributed by atoms with Crippen LogP contribution in [0.1, 0.15) is 48.2 Å². The van der Waals surface area contributed by atoms with Crippen LogP contribution < -0.4 is 10.6 Å². The normalized spacial score (nSPS) is 18.1. The molecule has 3 heterocycles. The third kappa shape index (κ3) is 4.61. The van der Waals surface area contributed by atoms with Gasteiger partial charge in [0.2, 0.25) is 5.91 Å². The summed E-state index contributed by atoms with van der Waals surface area (Å²) in [7, 11) is 0. The molecule has 31 heavy (non-hydrogen) atoms. The van der Waals surface area contributed by atoms with Crippen LogP contribution in [0.2, 0.25) is 0 Å². The van der Waals surface area contributed by atoms with Crippen LogP contribution in [0.3, 0.4) is 0 Å². The summed E-state index contributed by atoms with van der Waals surface area (Å²) in [5.74, 6) is 1.60. The van der Waals surface area contributed by atoms with Crippen LogP contribution in [-0.2, 0) is 11.2 Å². The molecule has 1 aromatic carbocycles. The lowest BCUT2D eigenvalue weighted by Gasteiger charge is -2.25. The van der Waals surface area contributed by atoms with E-state index in [1.54, 1.807) is 6.20 Å². The number of aromatic nitrogens is 1. The Morgan fingerprint density at radius 2 is 2.00 bits per heavy atom. The first-order valence-electron chi connectivity index (χ1n) is 10.5. The molecule has 1 aliphatic rings. The van der Waals surface area contributed by atoms with Crippen molar-refractivity contribution in [3.63, 3.8) is 0 Å². The fourth-order valence-corrected chi connectivity index (χ4v) is 4.28. The number of thiocarbonyl (C=S) groups is 1. The van der Waals surface area contributed by atoms with E-state index in [1.807, 2.05) is 66.4 Å². The lowest BCUT2D eigenvalue weighted by Crippen LogP contribution is -2.32. The zero-order valence-electron chi connectivity index (χ0n) is 17.7. The number of furan rings is 1. The van der Waals surface area contributed by atoms with Crippen LogP contribution in [0, 0.1) is 6.92 Å². The predicted octanol–water partition coefficient (Wildman–Crippen LogP) is 4.55. The van der Waals surface area contributed by atoms with E-state index < -0.39 is 0 Å². The Morgan fingerprint density at radius 1 is 1.19 bits per heavy atom. The summed E-state index contributed by atoms with van der Waals surface area (Å²) in [6.45, 7) is 4.47. The number of nitrogens with one attached hydrogen (secondary N) is 2. The highest BCUT2D eigenvalue weighted by atomic mass is 32.1. The van der Waals surface area contributed by atoms with E-state index in [4.69, 9.17) is 16.6 Å². The Kier molecular flexibility index (Phi) is 6.32. The Hall–Kier alpha value is -3.19. The predicted molar refractivity (Wildman–Crippen MR) is 125 cm³/mol. The number of rotatable bonds is 7. The van der Waals surface area contributed by atoms with Gasteiger partial charge in [-0.05, 0) is 61.5 Å². The van der Waals surface area contributed by atoms with Gasteiger partial charge in [-0.1, -0.05) is 31.2 Å². The highest BCUT2D eigenvalue weighted by molar-refractivity contribution is 7.80. The number of carbonyl (C=O) groups is 1. The summed E-state index contributed by atoms with van der Waals surface area (Å²) < 4.78 is 5.96. The number of benzene rings is 1. The maximum absolute atomic E-state index is 12.7. The first-order valence-corrected chi connectivity index (χ1v) is 10.9. The van der Waals surface area contributed by atoms with Crippen molar-refractivity contribution in [2.24, 2.45) is 0 Å². The van der Waals surface area contributed by atoms with E-state index in [2.05, 4.69) is 22.5 Å². The van der Waals surface area contributed by atoms with E-state index >= 15 is 0 Å². The first-order chi connectivity index (χ1) is 15.1. The molecule has 3 aromatic rings.